The molecule has 5 nitrogen and oxygen atoms in total. The van der Waals surface area contributed by atoms with E-state index in [-0.39, 0.29) is 12.0 Å². The molecule has 1 rings (SSSR count). The Labute approximate surface area is 124 Å². The summed E-state index contributed by atoms with van der Waals surface area (Å²) in [4.78, 5) is 12.5. The lowest BCUT2D eigenvalue weighted by atomic mass is 10.3. The van der Waals surface area contributed by atoms with Gasteiger partial charge < -0.3 is 21.1 Å². The number of nitrogen functional groups attached to an aromatic ring is 1. The third kappa shape index (κ3) is 4.16. The van der Waals surface area contributed by atoms with Gasteiger partial charge in [-0.3, -0.25) is 4.79 Å². The van der Waals surface area contributed by atoms with E-state index in [0.29, 0.717) is 22.9 Å². The SMILES string of the molecule is C=CCNC(=O)c1sc(NCCC)c(OC(C)C)c1N. The fraction of sp³-hybridized carbons (Fsp3) is 0.500. The first-order valence-electron chi connectivity index (χ1n) is 6.73. The fourth-order valence-electron chi connectivity index (χ4n) is 1.55. The topological polar surface area (TPSA) is 76.4 Å². The average Bonchev–Trinajstić information content (AvgIpc) is 2.70. The normalized spacial score (nSPS) is 10.4. The Kier molecular flexibility index (Phi) is 6.38. The quantitative estimate of drug-likeness (QED) is 0.645. The lowest BCUT2D eigenvalue weighted by Crippen LogP contribution is -2.23. The van der Waals surface area contributed by atoms with Gasteiger partial charge in [0, 0.05) is 13.1 Å². The highest BCUT2D eigenvalue weighted by Crippen LogP contribution is 2.43. The van der Waals surface area contributed by atoms with Gasteiger partial charge in [-0.15, -0.1) is 17.9 Å². The van der Waals surface area contributed by atoms with Gasteiger partial charge in [-0.2, -0.15) is 0 Å². The van der Waals surface area contributed by atoms with Crippen LogP contribution in [0, 0.1) is 0 Å². The highest BCUT2D eigenvalue weighted by atomic mass is 32.1. The summed E-state index contributed by atoms with van der Waals surface area (Å²) in [6, 6.07) is 0. The second-order valence-electron chi connectivity index (χ2n) is 4.60. The second kappa shape index (κ2) is 7.79. The zero-order valence-corrected chi connectivity index (χ0v) is 13.1. The van der Waals surface area contributed by atoms with E-state index in [1.54, 1.807) is 6.08 Å². The molecule has 112 valence electrons. The van der Waals surface area contributed by atoms with E-state index in [0.717, 1.165) is 18.0 Å². The van der Waals surface area contributed by atoms with E-state index in [4.69, 9.17) is 10.5 Å². The molecule has 0 bridgehead atoms. The first-order chi connectivity index (χ1) is 9.51. The number of nitrogens with two attached hydrogens (primary N) is 1. The zero-order valence-electron chi connectivity index (χ0n) is 12.3. The van der Waals surface area contributed by atoms with E-state index < -0.39 is 0 Å². The first kappa shape index (κ1) is 16.4. The van der Waals surface area contributed by atoms with Crippen LogP contribution >= 0.6 is 11.3 Å². The van der Waals surface area contributed by atoms with Crippen molar-refractivity contribution in [3.63, 3.8) is 0 Å². The number of amides is 1. The van der Waals surface area contributed by atoms with Gasteiger partial charge in [0.15, 0.2) is 5.75 Å². The van der Waals surface area contributed by atoms with Gasteiger partial charge in [-0.25, -0.2) is 0 Å². The van der Waals surface area contributed by atoms with E-state index in [1.807, 2.05) is 13.8 Å². The molecule has 0 saturated carbocycles. The second-order valence-corrected chi connectivity index (χ2v) is 5.62. The lowest BCUT2D eigenvalue weighted by molar-refractivity contribution is 0.0962. The highest BCUT2D eigenvalue weighted by Gasteiger charge is 2.22. The molecule has 1 heterocycles. The number of carbonyl (C=O) groups excluding carboxylic acids is 1. The third-order valence-corrected chi connectivity index (χ3v) is 3.55. The average molecular weight is 297 g/mol. The molecule has 0 aliphatic carbocycles. The van der Waals surface area contributed by atoms with Crippen LogP contribution in [0.25, 0.3) is 0 Å². The fourth-order valence-corrected chi connectivity index (χ4v) is 2.55. The van der Waals surface area contributed by atoms with Gasteiger partial charge in [0.25, 0.3) is 5.91 Å². The molecule has 20 heavy (non-hydrogen) atoms. The van der Waals surface area contributed by atoms with Gasteiger partial charge in [-0.1, -0.05) is 13.0 Å². The molecule has 0 unspecified atom stereocenters. The van der Waals surface area contributed by atoms with E-state index in [9.17, 15) is 4.79 Å². The minimum Gasteiger partial charge on any atom is -0.486 e. The lowest BCUT2D eigenvalue weighted by Gasteiger charge is -2.12. The van der Waals surface area contributed by atoms with Crippen molar-refractivity contribution >= 4 is 27.9 Å². The number of hydrogen-bond acceptors (Lipinski definition) is 5. The van der Waals surface area contributed by atoms with Crippen molar-refractivity contribution in [3.8, 4) is 5.75 Å². The van der Waals surface area contributed by atoms with Crippen molar-refractivity contribution in [1.82, 2.24) is 5.32 Å². The minimum absolute atomic E-state index is 0.00170. The molecular weight excluding hydrogens is 274 g/mol. The molecule has 0 spiro atoms. The minimum atomic E-state index is -0.203. The monoisotopic (exact) mass is 297 g/mol. The molecule has 1 amide bonds. The van der Waals surface area contributed by atoms with Crippen molar-refractivity contribution in [1.29, 1.82) is 0 Å². The highest BCUT2D eigenvalue weighted by molar-refractivity contribution is 7.19. The van der Waals surface area contributed by atoms with Crippen LogP contribution < -0.4 is 21.1 Å². The van der Waals surface area contributed by atoms with Crippen molar-refractivity contribution in [2.45, 2.75) is 33.3 Å². The molecule has 0 aliphatic rings. The van der Waals surface area contributed by atoms with Gasteiger partial charge in [0.1, 0.15) is 15.6 Å². The van der Waals surface area contributed by atoms with Crippen LogP contribution in [0.15, 0.2) is 12.7 Å². The zero-order chi connectivity index (χ0) is 15.1. The van der Waals surface area contributed by atoms with Crippen LogP contribution in [0.2, 0.25) is 0 Å². The summed E-state index contributed by atoms with van der Waals surface area (Å²) in [5, 5.41) is 6.79. The van der Waals surface area contributed by atoms with Crippen molar-refractivity contribution in [2.24, 2.45) is 0 Å². The molecule has 4 N–H and O–H groups in total. The Bertz CT molecular complexity index is 469. The number of hydrogen-bond donors (Lipinski definition) is 3. The van der Waals surface area contributed by atoms with Crippen molar-refractivity contribution < 1.29 is 9.53 Å². The third-order valence-electron chi connectivity index (χ3n) is 2.40. The summed E-state index contributed by atoms with van der Waals surface area (Å²) in [6.45, 7) is 10.7. The molecule has 0 atom stereocenters. The smallest absolute Gasteiger partial charge is 0.263 e. The summed E-state index contributed by atoms with van der Waals surface area (Å²) < 4.78 is 5.73. The molecule has 0 aliphatic heterocycles. The number of carbonyl (C=O) groups is 1. The van der Waals surface area contributed by atoms with Gasteiger partial charge in [-0.05, 0) is 20.3 Å². The van der Waals surface area contributed by atoms with E-state index in [2.05, 4.69) is 24.1 Å². The van der Waals surface area contributed by atoms with Crippen LogP contribution in [0.5, 0.6) is 5.75 Å². The molecule has 6 heteroatoms. The Balaban J connectivity index is 3.03. The first-order valence-corrected chi connectivity index (χ1v) is 7.54. The van der Waals surface area contributed by atoms with Crippen molar-refractivity contribution in [2.75, 3.05) is 24.1 Å². The number of rotatable bonds is 8. The Morgan fingerprint density at radius 1 is 1.55 bits per heavy atom. The summed E-state index contributed by atoms with van der Waals surface area (Å²) in [5.41, 5.74) is 6.45. The van der Waals surface area contributed by atoms with Crippen LogP contribution in [-0.2, 0) is 0 Å². The number of ether oxygens (including phenoxy) is 1. The molecular formula is C14H23N3O2S. The molecule has 0 saturated heterocycles. The van der Waals surface area contributed by atoms with E-state index in [1.165, 1.54) is 11.3 Å². The van der Waals surface area contributed by atoms with Crippen LogP contribution in [0.3, 0.4) is 0 Å². The predicted molar refractivity (Wildman–Crippen MR) is 85.8 cm³/mol. The maximum absolute atomic E-state index is 12.0. The Morgan fingerprint density at radius 2 is 2.25 bits per heavy atom. The largest absolute Gasteiger partial charge is 0.486 e. The molecule has 1 aromatic rings. The van der Waals surface area contributed by atoms with Gasteiger partial charge in [0.2, 0.25) is 0 Å². The number of thiophene rings is 1. The van der Waals surface area contributed by atoms with Crippen LogP contribution in [-0.4, -0.2) is 25.1 Å². The maximum atomic E-state index is 12.0. The molecule has 0 fully saturated rings. The molecule has 0 radical (unpaired) electrons. The summed E-state index contributed by atoms with van der Waals surface area (Å²) in [6.07, 6.45) is 2.61. The number of nitrogens with one attached hydrogen (secondary N) is 2. The molecule has 1 aromatic heterocycles. The molecule has 0 aromatic carbocycles. The summed E-state index contributed by atoms with van der Waals surface area (Å²) in [5.74, 6) is 0.368. The Morgan fingerprint density at radius 3 is 2.80 bits per heavy atom. The van der Waals surface area contributed by atoms with Crippen LogP contribution in [0.1, 0.15) is 36.9 Å². The van der Waals surface area contributed by atoms with Gasteiger partial charge in [0.05, 0.1) is 6.10 Å². The maximum Gasteiger partial charge on any atom is 0.263 e. The standard InChI is InChI=1S/C14H23N3O2S/c1-5-7-16-13(18)12-10(15)11(19-9(3)4)14(20-12)17-8-6-2/h5,9,17H,1,6-8,15H2,2-4H3,(H,16,18). The van der Waals surface area contributed by atoms with E-state index >= 15 is 0 Å². The Hall–Kier alpha value is -1.69. The number of anilines is 2. The van der Waals surface area contributed by atoms with Crippen molar-refractivity contribution in [3.05, 3.63) is 17.5 Å². The van der Waals surface area contributed by atoms with Crippen LogP contribution in [0.4, 0.5) is 10.7 Å². The van der Waals surface area contributed by atoms with Gasteiger partial charge >= 0.3 is 0 Å². The summed E-state index contributed by atoms with van der Waals surface area (Å²) >= 11 is 1.32. The predicted octanol–water partition coefficient (Wildman–Crippen LogP) is 2.86. The summed E-state index contributed by atoms with van der Waals surface area (Å²) in [7, 11) is 0.